The van der Waals surface area contributed by atoms with Gasteiger partial charge in [-0.2, -0.15) is 0 Å². The van der Waals surface area contributed by atoms with Crippen LogP contribution >= 0.6 is 23.2 Å². The predicted molar refractivity (Wildman–Crippen MR) is 73.9 cm³/mol. The van der Waals surface area contributed by atoms with Crippen molar-refractivity contribution in [1.29, 1.82) is 0 Å². The van der Waals surface area contributed by atoms with Gasteiger partial charge < -0.3 is 5.11 Å². The molecule has 3 rings (SSSR count). The van der Waals surface area contributed by atoms with Crippen molar-refractivity contribution in [2.24, 2.45) is 0 Å². The molecule has 1 N–H and O–H groups in total. The van der Waals surface area contributed by atoms with Gasteiger partial charge in [0.05, 0.1) is 18.0 Å². The summed E-state index contributed by atoms with van der Waals surface area (Å²) in [6.07, 6.45) is 3.42. The van der Waals surface area contributed by atoms with Gasteiger partial charge in [-0.15, -0.1) is 5.10 Å². The minimum absolute atomic E-state index is 0.0971. The number of benzene rings is 1. The van der Waals surface area contributed by atoms with Crippen molar-refractivity contribution in [3.8, 4) is 5.69 Å². The number of rotatable bonds is 3. The summed E-state index contributed by atoms with van der Waals surface area (Å²) in [4.78, 5) is 0. The molecular formula is C13H13Cl2N3O. The molecule has 0 spiro atoms. The summed E-state index contributed by atoms with van der Waals surface area (Å²) in [5, 5.41) is 18.7. The Morgan fingerprint density at radius 1 is 1.21 bits per heavy atom. The molecule has 1 saturated carbocycles. The third-order valence-corrected chi connectivity index (χ3v) is 3.95. The van der Waals surface area contributed by atoms with Gasteiger partial charge in [-0.05, 0) is 31.0 Å². The lowest BCUT2D eigenvalue weighted by molar-refractivity contribution is 0.272. The van der Waals surface area contributed by atoms with Gasteiger partial charge in [0.25, 0.3) is 0 Å². The molecule has 4 nitrogen and oxygen atoms in total. The molecule has 1 aromatic carbocycles. The summed E-state index contributed by atoms with van der Waals surface area (Å²) in [6.45, 7) is -0.0971. The zero-order valence-electron chi connectivity index (χ0n) is 10.2. The molecule has 0 radical (unpaired) electrons. The van der Waals surface area contributed by atoms with Crippen LogP contribution in [-0.2, 0) is 6.61 Å². The molecule has 0 saturated heterocycles. The number of halogens is 2. The van der Waals surface area contributed by atoms with E-state index in [-0.39, 0.29) is 6.61 Å². The Morgan fingerprint density at radius 2 is 1.89 bits per heavy atom. The molecule has 0 atom stereocenters. The van der Waals surface area contributed by atoms with Gasteiger partial charge in [0, 0.05) is 16.0 Å². The summed E-state index contributed by atoms with van der Waals surface area (Å²) in [7, 11) is 0. The molecular weight excluding hydrogens is 285 g/mol. The Morgan fingerprint density at radius 3 is 2.42 bits per heavy atom. The van der Waals surface area contributed by atoms with Crippen LogP contribution in [-0.4, -0.2) is 20.1 Å². The Labute approximate surface area is 121 Å². The fourth-order valence-electron chi connectivity index (χ4n) is 2.38. The van der Waals surface area contributed by atoms with E-state index >= 15 is 0 Å². The third-order valence-electron chi connectivity index (χ3n) is 3.51. The maximum absolute atomic E-state index is 9.39. The lowest BCUT2D eigenvalue weighted by Crippen LogP contribution is -2.16. The van der Waals surface area contributed by atoms with Crippen LogP contribution < -0.4 is 0 Å². The summed E-state index contributed by atoms with van der Waals surface area (Å²) >= 11 is 12.1. The fraction of sp³-hybridized carbons (Fsp3) is 0.385. The van der Waals surface area contributed by atoms with Crippen LogP contribution in [0, 0.1) is 0 Å². The van der Waals surface area contributed by atoms with Crippen molar-refractivity contribution in [1.82, 2.24) is 15.0 Å². The van der Waals surface area contributed by atoms with Crippen molar-refractivity contribution in [3.63, 3.8) is 0 Å². The second-order valence-corrected chi connectivity index (χ2v) is 5.62. The van der Waals surface area contributed by atoms with Crippen LogP contribution in [0.1, 0.15) is 36.6 Å². The van der Waals surface area contributed by atoms with E-state index in [4.69, 9.17) is 23.2 Å². The van der Waals surface area contributed by atoms with E-state index in [9.17, 15) is 5.11 Å². The lowest BCUT2D eigenvalue weighted by Gasteiger charge is -2.26. The number of hydrogen-bond acceptors (Lipinski definition) is 3. The minimum atomic E-state index is -0.0971. The topological polar surface area (TPSA) is 50.9 Å². The molecule has 1 aliphatic rings. The van der Waals surface area contributed by atoms with Crippen molar-refractivity contribution in [2.45, 2.75) is 31.8 Å². The van der Waals surface area contributed by atoms with Gasteiger partial charge in [0.1, 0.15) is 5.69 Å². The standard InChI is InChI=1S/C13H13Cl2N3O/c14-9-4-10(15)6-11(5-9)18-13(8-2-1-3-8)12(7-19)16-17-18/h4-6,8,19H,1-3,7H2. The first-order chi connectivity index (χ1) is 9.19. The van der Waals surface area contributed by atoms with E-state index < -0.39 is 0 Å². The lowest BCUT2D eigenvalue weighted by atomic mass is 9.82. The van der Waals surface area contributed by atoms with E-state index in [1.807, 2.05) is 0 Å². The van der Waals surface area contributed by atoms with Crippen LogP contribution in [0.3, 0.4) is 0 Å². The highest BCUT2D eigenvalue weighted by Crippen LogP contribution is 2.38. The highest BCUT2D eigenvalue weighted by atomic mass is 35.5. The Hall–Kier alpha value is -1.10. The zero-order valence-corrected chi connectivity index (χ0v) is 11.7. The minimum Gasteiger partial charge on any atom is -0.390 e. The number of aliphatic hydroxyl groups excluding tert-OH is 1. The predicted octanol–water partition coefficient (Wildman–Crippen LogP) is 3.33. The molecule has 100 valence electrons. The molecule has 1 fully saturated rings. The summed E-state index contributed by atoms with van der Waals surface area (Å²) < 4.78 is 1.74. The van der Waals surface area contributed by atoms with Crippen molar-refractivity contribution in [2.75, 3.05) is 0 Å². The maximum Gasteiger partial charge on any atom is 0.112 e. The van der Waals surface area contributed by atoms with Gasteiger partial charge in [-0.3, -0.25) is 0 Å². The Balaban J connectivity index is 2.11. The Bertz CT molecular complexity index is 588. The largest absolute Gasteiger partial charge is 0.390 e. The zero-order chi connectivity index (χ0) is 13.4. The average molecular weight is 298 g/mol. The number of nitrogens with zero attached hydrogens (tertiary/aromatic N) is 3. The molecule has 0 amide bonds. The molecule has 1 aliphatic carbocycles. The molecule has 19 heavy (non-hydrogen) atoms. The van der Waals surface area contributed by atoms with E-state index in [0.29, 0.717) is 21.7 Å². The van der Waals surface area contributed by atoms with Gasteiger partial charge in [0.15, 0.2) is 0 Å². The van der Waals surface area contributed by atoms with Crippen LogP contribution in [0.15, 0.2) is 18.2 Å². The van der Waals surface area contributed by atoms with Gasteiger partial charge in [0.2, 0.25) is 0 Å². The smallest absolute Gasteiger partial charge is 0.112 e. The quantitative estimate of drug-likeness (QED) is 0.945. The molecule has 6 heteroatoms. The average Bonchev–Trinajstić information content (AvgIpc) is 2.69. The normalized spacial score (nSPS) is 15.5. The molecule has 0 bridgehead atoms. The third kappa shape index (κ3) is 2.36. The van der Waals surface area contributed by atoms with Crippen molar-refractivity contribution >= 4 is 23.2 Å². The first-order valence-corrected chi connectivity index (χ1v) is 6.96. The number of aromatic nitrogens is 3. The fourth-order valence-corrected chi connectivity index (χ4v) is 2.89. The molecule has 0 aliphatic heterocycles. The van der Waals surface area contributed by atoms with Gasteiger partial charge in [-0.1, -0.05) is 34.8 Å². The first-order valence-electron chi connectivity index (χ1n) is 6.21. The number of hydrogen-bond donors (Lipinski definition) is 1. The highest BCUT2D eigenvalue weighted by Gasteiger charge is 2.28. The van der Waals surface area contributed by atoms with E-state index in [0.717, 1.165) is 24.2 Å². The molecule has 0 unspecified atom stereocenters. The van der Waals surface area contributed by atoms with Crippen LogP contribution in [0.4, 0.5) is 0 Å². The van der Waals surface area contributed by atoms with E-state index in [2.05, 4.69) is 10.3 Å². The van der Waals surface area contributed by atoms with Gasteiger partial charge >= 0.3 is 0 Å². The van der Waals surface area contributed by atoms with Crippen molar-refractivity contribution < 1.29 is 5.11 Å². The Kier molecular flexibility index (Phi) is 3.48. The monoisotopic (exact) mass is 297 g/mol. The molecule has 1 heterocycles. The summed E-state index contributed by atoms with van der Waals surface area (Å²) in [6, 6.07) is 5.27. The first kappa shape index (κ1) is 12.9. The van der Waals surface area contributed by atoms with E-state index in [1.54, 1.807) is 22.9 Å². The van der Waals surface area contributed by atoms with Crippen molar-refractivity contribution in [3.05, 3.63) is 39.6 Å². The van der Waals surface area contributed by atoms with E-state index in [1.165, 1.54) is 6.42 Å². The highest BCUT2D eigenvalue weighted by molar-refractivity contribution is 6.34. The van der Waals surface area contributed by atoms with Gasteiger partial charge in [-0.25, -0.2) is 4.68 Å². The second-order valence-electron chi connectivity index (χ2n) is 4.75. The number of aliphatic hydroxyl groups is 1. The summed E-state index contributed by atoms with van der Waals surface area (Å²) in [5.41, 5.74) is 2.40. The van der Waals surface area contributed by atoms with Crippen LogP contribution in [0.25, 0.3) is 5.69 Å². The summed E-state index contributed by atoms with van der Waals surface area (Å²) in [5.74, 6) is 0.412. The van der Waals surface area contributed by atoms with Crippen LogP contribution in [0.2, 0.25) is 10.0 Å². The SMILES string of the molecule is OCc1nnn(-c2cc(Cl)cc(Cl)c2)c1C1CCC1. The molecule has 1 aromatic heterocycles. The van der Waals surface area contributed by atoms with Crippen LogP contribution in [0.5, 0.6) is 0 Å². The maximum atomic E-state index is 9.39. The molecule has 2 aromatic rings. The second kappa shape index (κ2) is 5.12.